The SMILES string of the molecule is CCOC(=O)CC(=O)c1cc(C)c(OC(C)C)cc1C. The molecule has 0 saturated carbocycles. The van der Waals surface area contributed by atoms with Crippen LogP contribution in [0.1, 0.15) is 48.7 Å². The van der Waals surface area contributed by atoms with Gasteiger partial charge in [0.1, 0.15) is 12.2 Å². The van der Waals surface area contributed by atoms with Crippen molar-refractivity contribution in [1.29, 1.82) is 0 Å². The van der Waals surface area contributed by atoms with Crippen molar-refractivity contribution in [2.24, 2.45) is 0 Å². The first-order valence-electron chi connectivity index (χ1n) is 6.81. The van der Waals surface area contributed by atoms with Gasteiger partial charge in [-0.2, -0.15) is 0 Å². The minimum atomic E-state index is -0.489. The number of carbonyl (C=O) groups excluding carboxylic acids is 2. The molecule has 0 N–H and O–H groups in total. The lowest BCUT2D eigenvalue weighted by atomic mass is 9.99. The van der Waals surface area contributed by atoms with Crippen LogP contribution >= 0.6 is 0 Å². The number of ketones is 1. The summed E-state index contributed by atoms with van der Waals surface area (Å²) in [6.07, 6.45) is -0.146. The number of aryl methyl sites for hydroxylation is 2. The molecule has 4 nitrogen and oxygen atoms in total. The first-order valence-corrected chi connectivity index (χ1v) is 6.81. The molecular formula is C16H22O4. The number of hydrogen-bond donors (Lipinski definition) is 0. The van der Waals surface area contributed by atoms with Gasteiger partial charge >= 0.3 is 5.97 Å². The number of Topliss-reactive ketones (excluding diaryl/α,β-unsaturated/α-hetero) is 1. The van der Waals surface area contributed by atoms with E-state index in [1.54, 1.807) is 13.0 Å². The van der Waals surface area contributed by atoms with E-state index in [0.29, 0.717) is 5.56 Å². The molecule has 1 aromatic carbocycles. The molecule has 0 unspecified atom stereocenters. The lowest BCUT2D eigenvalue weighted by Gasteiger charge is -2.15. The molecule has 0 aromatic heterocycles. The Bertz CT molecular complexity index is 503. The third-order valence-corrected chi connectivity index (χ3v) is 2.80. The summed E-state index contributed by atoms with van der Waals surface area (Å²) in [6, 6.07) is 3.61. The minimum absolute atomic E-state index is 0.0779. The molecule has 4 heteroatoms. The maximum Gasteiger partial charge on any atom is 0.313 e. The molecular weight excluding hydrogens is 256 g/mol. The van der Waals surface area contributed by atoms with Crippen LogP contribution in [-0.4, -0.2) is 24.5 Å². The van der Waals surface area contributed by atoms with Crippen LogP contribution in [0.2, 0.25) is 0 Å². The number of rotatable bonds is 6. The third kappa shape index (κ3) is 4.37. The van der Waals surface area contributed by atoms with E-state index < -0.39 is 5.97 Å². The van der Waals surface area contributed by atoms with Crippen LogP contribution in [0.5, 0.6) is 5.75 Å². The normalized spacial score (nSPS) is 10.5. The smallest absolute Gasteiger partial charge is 0.313 e. The molecule has 0 amide bonds. The number of benzene rings is 1. The molecule has 1 aromatic rings. The van der Waals surface area contributed by atoms with Gasteiger partial charge in [-0.15, -0.1) is 0 Å². The van der Waals surface area contributed by atoms with Crippen molar-refractivity contribution in [3.05, 3.63) is 28.8 Å². The van der Waals surface area contributed by atoms with Crippen molar-refractivity contribution >= 4 is 11.8 Å². The van der Waals surface area contributed by atoms with Gasteiger partial charge in [-0.05, 0) is 57.9 Å². The molecule has 20 heavy (non-hydrogen) atoms. The quantitative estimate of drug-likeness (QED) is 0.455. The average molecular weight is 278 g/mol. The summed E-state index contributed by atoms with van der Waals surface area (Å²) in [7, 11) is 0. The van der Waals surface area contributed by atoms with Crippen LogP contribution in [-0.2, 0) is 9.53 Å². The predicted molar refractivity (Wildman–Crippen MR) is 77.3 cm³/mol. The zero-order valence-corrected chi connectivity index (χ0v) is 12.8. The van der Waals surface area contributed by atoms with Crippen molar-refractivity contribution in [3.63, 3.8) is 0 Å². The highest BCUT2D eigenvalue weighted by atomic mass is 16.5. The molecule has 0 aliphatic heterocycles. The zero-order chi connectivity index (χ0) is 15.3. The zero-order valence-electron chi connectivity index (χ0n) is 12.8. The second-order valence-corrected chi connectivity index (χ2v) is 5.00. The van der Waals surface area contributed by atoms with Crippen LogP contribution < -0.4 is 4.74 Å². The first-order chi connectivity index (χ1) is 9.35. The molecule has 0 heterocycles. The van der Waals surface area contributed by atoms with E-state index in [1.807, 2.05) is 33.8 Å². The van der Waals surface area contributed by atoms with Crippen LogP contribution in [0.4, 0.5) is 0 Å². The summed E-state index contributed by atoms with van der Waals surface area (Å²) in [6.45, 7) is 9.63. The minimum Gasteiger partial charge on any atom is -0.491 e. The molecule has 0 saturated heterocycles. The summed E-state index contributed by atoms with van der Waals surface area (Å²) < 4.78 is 10.5. The Labute approximate surface area is 120 Å². The standard InChI is InChI=1S/C16H22O4/c1-6-19-16(18)9-14(17)13-7-12(5)15(8-11(13)4)20-10(2)3/h7-8,10H,6,9H2,1-5H3. The Morgan fingerprint density at radius 1 is 1.15 bits per heavy atom. The van der Waals surface area contributed by atoms with Gasteiger partial charge < -0.3 is 9.47 Å². The highest BCUT2D eigenvalue weighted by Gasteiger charge is 2.16. The summed E-state index contributed by atoms with van der Waals surface area (Å²) >= 11 is 0. The number of carbonyl (C=O) groups is 2. The maximum absolute atomic E-state index is 12.1. The second kappa shape index (κ2) is 7.08. The molecule has 0 aliphatic rings. The number of esters is 1. The summed E-state index contributed by atoms with van der Waals surface area (Å²) in [5.41, 5.74) is 2.24. The van der Waals surface area contributed by atoms with Gasteiger partial charge in [0.05, 0.1) is 12.7 Å². The van der Waals surface area contributed by atoms with E-state index in [4.69, 9.17) is 9.47 Å². The molecule has 0 fully saturated rings. The monoisotopic (exact) mass is 278 g/mol. The van der Waals surface area contributed by atoms with Gasteiger partial charge in [-0.25, -0.2) is 0 Å². The fourth-order valence-corrected chi connectivity index (χ4v) is 1.91. The lowest BCUT2D eigenvalue weighted by Crippen LogP contribution is -2.13. The Kier molecular flexibility index (Phi) is 5.74. The molecule has 1 rings (SSSR count). The van der Waals surface area contributed by atoms with Crippen LogP contribution in [0.15, 0.2) is 12.1 Å². The first kappa shape index (κ1) is 16.2. The van der Waals surface area contributed by atoms with E-state index in [-0.39, 0.29) is 24.9 Å². The topological polar surface area (TPSA) is 52.6 Å². The van der Waals surface area contributed by atoms with Gasteiger partial charge in [-0.3, -0.25) is 9.59 Å². The van der Waals surface area contributed by atoms with Crippen molar-refractivity contribution in [2.45, 2.75) is 47.1 Å². The fourth-order valence-electron chi connectivity index (χ4n) is 1.91. The molecule has 0 bridgehead atoms. The Hall–Kier alpha value is -1.84. The van der Waals surface area contributed by atoms with Crippen molar-refractivity contribution in [1.82, 2.24) is 0 Å². The van der Waals surface area contributed by atoms with Gasteiger partial charge in [0, 0.05) is 5.56 Å². The number of ether oxygens (including phenoxy) is 2. The molecule has 0 aliphatic carbocycles. The Balaban J connectivity index is 2.94. The molecule has 0 radical (unpaired) electrons. The highest BCUT2D eigenvalue weighted by Crippen LogP contribution is 2.24. The van der Waals surface area contributed by atoms with Crippen molar-refractivity contribution in [3.8, 4) is 5.75 Å². The van der Waals surface area contributed by atoms with Crippen molar-refractivity contribution < 1.29 is 19.1 Å². The summed E-state index contributed by atoms with van der Waals surface area (Å²) in [4.78, 5) is 23.5. The van der Waals surface area contributed by atoms with E-state index >= 15 is 0 Å². The average Bonchev–Trinajstić information content (AvgIpc) is 2.32. The van der Waals surface area contributed by atoms with Gasteiger partial charge in [0.25, 0.3) is 0 Å². The van der Waals surface area contributed by atoms with Gasteiger partial charge in [0.2, 0.25) is 0 Å². The largest absolute Gasteiger partial charge is 0.491 e. The predicted octanol–water partition coefficient (Wildman–Crippen LogP) is 3.23. The second-order valence-electron chi connectivity index (χ2n) is 5.00. The van der Waals surface area contributed by atoms with Gasteiger partial charge in [-0.1, -0.05) is 0 Å². The van der Waals surface area contributed by atoms with Crippen LogP contribution in [0.3, 0.4) is 0 Å². The fraction of sp³-hybridized carbons (Fsp3) is 0.500. The summed E-state index contributed by atoms with van der Waals surface area (Å²) in [5.74, 6) is 0.0578. The van der Waals surface area contributed by atoms with Gasteiger partial charge in [0.15, 0.2) is 5.78 Å². The third-order valence-electron chi connectivity index (χ3n) is 2.80. The molecule has 110 valence electrons. The van der Waals surface area contributed by atoms with E-state index in [2.05, 4.69) is 0 Å². The van der Waals surface area contributed by atoms with Crippen LogP contribution in [0, 0.1) is 13.8 Å². The highest BCUT2D eigenvalue weighted by molar-refractivity contribution is 6.07. The van der Waals surface area contributed by atoms with Crippen molar-refractivity contribution in [2.75, 3.05) is 6.61 Å². The van der Waals surface area contributed by atoms with E-state index in [9.17, 15) is 9.59 Å². The Morgan fingerprint density at radius 2 is 1.80 bits per heavy atom. The van der Waals surface area contributed by atoms with E-state index in [1.165, 1.54) is 0 Å². The molecule has 0 spiro atoms. The van der Waals surface area contributed by atoms with E-state index in [0.717, 1.165) is 16.9 Å². The van der Waals surface area contributed by atoms with Crippen LogP contribution in [0.25, 0.3) is 0 Å². The number of hydrogen-bond acceptors (Lipinski definition) is 4. The lowest BCUT2D eigenvalue weighted by molar-refractivity contribution is -0.141. The molecule has 0 atom stereocenters. The summed E-state index contributed by atoms with van der Waals surface area (Å²) in [5, 5.41) is 0. The maximum atomic E-state index is 12.1. The Morgan fingerprint density at radius 3 is 2.35 bits per heavy atom.